The van der Waals surface area contributed by atoms with Crippen LogP contribution < -0.4 is 5.32 Å². The first-order chi connectivity index (χ1) is 7.20. The molecule has 0 heterocycles. The molecule has 3 fully saturated rings. The molecule has 3 aliphatic carbocycles. The topological polar surface area (TPSA) is 39.1 Å². The Hall–Kier alpha value is -0.120. The number of hydrogen-bond acceptors (Lipinski definition) is 2. The van der Waals surface area contributed by atoms with Gasteiger partial charge in [0, 0.05) is 6.04 Å². The minimum Gasteiger partial charge on any atom is -0.610 e. The van der Waals surface area contributed by atoms with Crippen LogP contribution in [0.1, 0.15) is 25.7 Å². The van der Waals surface area contributed by atoms with Gasteiger partial charge in [-0.25, -0.2) is 0 Å². The average molecular weight is 208 g/mol. The van der Waals surface area contributed by atoms with E-state index < -0.39 is 0 Å². The normalized spacial score (nSPS) is 52.8. The van der Waals surface area contributed by atoms with Gasteiger partial charge in [0.25, 0.3) is 0 Å². The molecule has 15 heavy (non-hydrogen) atoms. The standard InChI is InChI=1S/C12H22N3/c1-14-8-5-9-7-3-11(10(9)6-8)12(4-7)15(2)13/h7-14H,3-6H2,1-2H3/q-1. The predicted octanol–water partition coefficient (Wildman–Crippen LogP) is 1.91. The molecule has 0 saturated heterocycles. The van der Waals surface area contributed by atoms with E-state index in [2.05, 4.69) is 12.4 Å². The first-order valence-electron chi connectivity index (χ1n) is 6.32. The van der Waals surface area contributed by atoms with Crippen LogP contribution >= 0.6 is 0 Å². The van der Waals surface area contributed by atoms with Crippen LogP contribution in [0.3, 0.4) is 0 Å². The quantitative estimate of drug-likeness (QED) is 0.704. The Morgan fingerprint density at radius 1 is 1.07 bits per heavy atom. The third-order valence-corrected chi connectivity index (χ3v) is 5.34. The molecule has 0 aromatic carbocycles. The summed E-state index contributed by atoms with van der Waals surface area (Å²) in [6.07, 6.45) is 5.48. The van der Waals surface area contributed by atoms with Gasteiger partial charge in [0.05, 0.1) is 0 Å². The third-order valence-electron chi connectivity index (χ3n) is 5.34. The Balaban J connectivity index is 1.75. The Bertz CT molecular complexity index is 253. The minimum atomic E-state index is 0.562. The van der Waals surface area contributed by atoms with Crippen molar-refractivity contribution in [3.63, 3.8) is 0 Å². The summed E-state index contributed by atoms with van der Waals surface area (Å²) in [5, 5.41) is 5.17. The number of rotatable bonds is 2. The van der Waals surface area contributed by atoms with Gasteiger partial charge < -0.3 is 16.2 Å². The first kappa shape index (κ1) is 10.1. The first-order valence-corrected chi connectivity index (χ1v) is 6.32. The van der Waals surface area contributed by atoms with Crippen LogP contribution in [0.15, 0.2) is 0 Å². The lowest BCUT2D eigenvalue weighted by Gasteiger charge is -2.40. The molecular weight excluding hydrogens is 186 g/mol. The van der Waals surface area contributed by atoms with Gasteiger partial charge in [-0.1, -0.05) is 0 Å². The summed E-state index contributed by atoms with van der Waals surface area (Å²) < 4.78 is 0. The Morgan fingerprint density at radius 2 is 1.80 bits per heavy atom. The molecule has 0 spiro atoms. The highest BCUT2D eigenvalue weighted by atomic mass is 15.4. The Labute approximate surface area is 92.4 Å². The SMILES string of the molecule is CNC1CC2C3CC(C2C1)C(N(C)[NH-])C3. The van der Waals surface area contributed by atoms with Gasteiger partial charge in [-0.3, -0.25) is 0 Å². The summed E-state index contributed by atoms with van der Waals surface area (Å²) >= 11 is 0. The fourth-order valence-electron chi connectivity index (χ4n) is 4.72. The van der Waals surface area contributed by atoms with Crippen LogP contribution in [0, 0.1) is 23.7 Å². The zero-order valence-electron chi connectivity index (χ0n) is 9.74. The van der Waals surface area contributed by atoms with E-state index in [0.29, 0.717) is 6.04 Å². The fourth-order valence-corrected chi connectivity index (χ4v) is 4.72. The minimum absolute atomic E-state index is 0.562. The highest BCUT2D eigenvalue weighted by Gasteiger charge is 2.55. The molecule has 3 aliphatic rings. The second kappa shape index (κ2) is 3.44. The van der Waals surface area contributed by atoms with Gasteiger partial charge in [-0.05, 0) is 69.5 Å². The number of hydrogen-bond donors (Lipinski definition) is 1. The molecule has 0 amide bonds. The molecule has 0 radical (unpaired) electrons. The van der Waals surface area contributed by atoms with E-state index in [0.717, 1.165) is 29.7 Å². The summed E-state index contributed by atoms with van der Waals surface area (Å²) in [6, 6.07) is 1.33. The molecule has 2 bridgehead atoms. The predicted molar refractivity (Wildman–Crippen MR) is 61.1 cm³/mol. The van der Waals surface area contributed by atoms with Gasteiger partial charge in [0.15, 0.2) is 0 Å². The number of fused-ring (bicyclic) bond motifs is 5. The molecule has 0 aromatic heterocycles. The Kier molecular flexibility index (Phi) is 2.31. The van der Waals surface area contributed by atoms with Crippen molar-refractivity contribution in [1.29, 1.82) is 0 Å². The van der Waals surface area contributed by atoms with Crippen molar-refractivity contribution in [3.05, 3.63) is 5.84 Å². The zero-order valence-corrected chi connectivity index (χ0v) is 9.74. The van der Waals surface area contributed by atoms with E-state index in [4.69, 9.17) is 5.84 Å². The molecule has 3 nitrogen and oxygen atoms in total. The lowest BCUT2D eigenvalue weighted by Crippen LogP contribution is -2.36. The summed E-state index contributed by atoms with van der Waals surface area (Å²) in [7, 11) is 4.03. The maximum atomic E-state index is 7.79. The van der Waals surface area contributed by atoms with Gasteiger partial charge in [0.2, 0.25) is 0 Å². The van der Waals surface area contributed by atoms with Crippen LogP contribution in [0.25, 0.3) is 5.84 Å². The van der Waals surface area contributed by atoms with Gasteiger partial charge in [-0.15, -0.1) is 0 Å². The van der Waals surface area contributed by atoms with Crippen LogP contribution in [0.2, 0.25) is 0 Å². The Morgan fingerprint density at radius 3 is 2.47 bits per heavy atom. The molecule has 6 atom stereocenters. The maximum Gasteiger partial charge on any atom is 0.00697 e. The molecule has 0 aromatic rings. The van der Waals surface area contributed by atoms with E-state index in [9.17, 15) is 0 Å². The van der Waals surface area contributed by atoms with Crippen molar-refractivity contribution < 1.29 is 0 Å². The van der Waals surface area contributed by atoms with E-state index in [1.807, 2.05) is 7.05 Å². The largest absolute Gasteiger partial charge is 0.610 e. The second-order valence-electron chi connectivity index (χ2n) is 5.86. The number of nitrogens with zero attached hydrogens (tertiary/aromatic N) is 1. The maximum absolute atomic E-state index is 7.79. The second-order valence-corrected chi connectivity index (χ2v) is 5.86. The molecule has 86 valence electrons. The van der Waals surface area contributed by atoms with Gasteiger partial charge >= 0.3 is 0 Å². The lowest BCUT2D eigenvalue weighted by molar-refractivity contribution is 0.150. The monoisotopic (exact) mass is 208 g/mol. The van der Waals surface area contributed by atoms with Crippen molar-refractivity contribution in [1.82, 2.24) is 10.3 Å². The van der Waals surface area contributed by atoms with Gasteiger partial charge in [0.1, 0.15) is 0 Å². The summed E-state index contributed by atoms with van der Waals surface area (Å²) in [5.74, 6) is 11.5. The molecule has 0 aliphatic heterocycles. The summed E-state index contributed by atoms with van der Waals surface area (Å²) in [5.41, 5.74) is 0. The molecule has 6 unspecified atom stereocenters. The van der Waals surface area contributed by atoms with E-state index in [-0.39, 0.29) is 0 Å². The zero-order chi connectivity index (χ0) is 10.6. The van der Waals surface area contributed by atoms with Crippen LogP contribution in [-0.2, 0) is 0 Å². The van der Waals surface area contributed by atoms with Crippen LogP contribution in [0.5, 0.6) is 0 Å². The highest BCUT2D eigenvalue weighted by molar-refractivity contribution is 5.08. The lowest BCUT2D eigenvalue weighted by atomic mass is 9.79. The summed E-state index contributed by atoms with van der Waals surface area (Å²) in [6.45, 7) is 0. The van der Waals surface area contributed by atoms with Crippen molar-refractivity contribution in [3.8, 4) is 0 Å². The highest BCUT2D eigenvalue weighted by Crippen LogP contribution is 2.59. The molecule has 2 N–H and O–H groups in total. The van der Waals surface area contributed by atoms with E-state index >= 15 is 0 Å². The molecule has 3 saturated carbocycles. The van der Waals surface area contributed by atoms with Gasteiger partial charge in [-0.2, -0.15) is 0 Å². The van der Waals surface area contributed by atoms with Crippen molar-refractivity contribution in [2.75, 3.05) is 14.1 Å². The van der Waals surface area contributed by atoms with Crippen LogP contribution in [0.4, 0.5) is 0 Å². The van der Waals surface area contributed by atoms with Crippen molar-refractivity contribution in [2.45, 2.75) is 37.8 Å². The molecule has 3 heteroatoms. The van der Waals surface area contributed by atoms with Crippen LogP contribution in [-0.4, -0.2) is 31.2 Å². The summed E-state index contributed by atoms with van der Waals surface area (Å²) in [4.78, 5) is 0. The molecule has 3 rings (SSSR count). The third kappa shape index (κ3) is 1.37. The smallest absolute Gasteiger partial charge is 0.00697 e. The van der Waals surface area contributed by atoms with E-state index in [1.165, 1.54) is 25.7 Å². The molecular formula is C12H22N3-. The average Bonchev–Trinajstić information content (AvgIpc) is 2.87. The number of nitrogens with one attached hydrogen (secondary N) is 2. The van der Waals surface area contributed by atoms with Crippen molar-refractivity contribution >= 4 is 0 Å². The van der Waals surface area contributed by atoms with E-state index in [1.54, 1.807) is 5.01 Å². The fraction of sp³-hybridized carbons (Fsp3) is 1.00. The van der Waals surface area contributed by atoms with Crippen molar-refractivity contribution in [2.24, 2.45) is 23.7 Å².